The number of carbonyl (C=O) groups is 2. The van der Waals surface area contributed by atoms with E-state index in [0.29, 0.717) is 19.6 Å². The first-order valence-electron chi connectivity index (χ1n) is 6.27. The number of likely N-dealkylation sites (N-methyl/N-ethyl adjacent to an activating group) is 1. The Bertz CT molecular complexity index is 346. The van der Waals surface area contributed by atoms with Crippen molar-refractivity contribution in [3.63, 3.8) is 0 Å². The van der Waals surface area contributed by atoms with Gasteiger partial charge >= 0.3 is 6.03 Å². The van der Waals surface area contributed by atoms with Gasteiger partial charge in [0.1, 0.15) is 5.54 Å². The molecule has 1 fully saturated rings. The molecule has 7 nitrogen and oxygen atoms in total. The van der Waals surface area contributed by atoms with Crippen LogP contribution in [0.25, 0.3) is 0 Å². The van der Waals surface area contributed by atoms with Crippen LogP contribution in [0.5, 0.6) is 0 Å². The van der Waals surface area contributed by atoms with Gasteiger partial charge in [-0.25, -0.2) is 4.79 Å². The molecule has 1 aliphatic rings. The Morgan fingerprint density at radius 1 is 1.47 bits per heavy atom. The van der Waals surface area contributed by atoms with E-state index < -0.39 is 11.6 Å². The van der Waals surface area contributed by atoms with E-state index in [9.17, 15) is 14.7 Å². The van der Waals surface area contributed by atoms with Crippen molar-refractivity contribution in [2.24, 2.45) is 0 Å². The zero-order chi connectivity index (χ0) is 14.6. The van der Waals surface area contributed by atoms with Crippen LogP contribution in [0.4, 0.5) is 4.79 Å². The molecule has 1 rings (SSSR count). The van der Waals surface area contributed by atoms with Gasteiger partial charge in [-0.15, -0.1) is 0 Å². The smallest absolute Gasteiger partial charge is 0.325 e. The molecular formula is C12H23N3O4. The molecule has 1 saturated heterocycles. The second kappa shape index (κ2) is 6.31. The van der Waals surface area contributed by atoms with Crippen molar-refractivity contribution in [3.8, 4) is 0 Å². The number of imide groups is 1. The van der Waals surface area contributed by atoms with Crippen molar-refractivity contribution < 1.29 is 19.4 Å². The molecule has 0 aromatic carbocycles. The summed E-state index contributed by atoms with van der Waals surface area (Å²) in [5, 5.41) is 12.2. The van der Waals surface area contributed by atoms with Gasteiger partial charge in [-0.05, 0) is 20.9 Å². The average molecular weight is 273 g/mol. The molecule has 110 valence electrons. The first-order chi connectivity index (χ1) is 8.77. The first kappa shape index (κ1) is 15.9. The third-order valence-electron chi connectivity index (χ3n) is 3.03. The number of urea groups is 1. The number of nitrogens with zero attached hydrogens (tertiary/aromatic N) is 2. The van der Waals surface area contributed by atoms with Crippen LogP contribution >= 0.6 is 0 Å². The topological polar surface area (TPSA) is 82.1 Å². The molecule has 0 bridgehead atoms. The lowest BCUT2D eigenvalue weighted by Crippen LogP contribution is -2.42. The third-order valence-corrected chi connectivity index (χ3v) is 3.03. The van der Waals surface area contributed by atoms with Crippen LogP contribution in [-0.2, 0) is 9.53 Å². The summed E-state index contributed by atoms with van der Waals surface area (Å²) >= 11 is 0. The van der Waals surface area contributed by atoms with E-state index in [4.69, 9.17) is 4.74 Å². The van der Waals surface area contributed by atoms with Crippen LogP contribution in [-0.4, -0.2) is 78.9 Å². The number of carbonyl (C=O) groups excluding carboxylic acids is 2. The van der Waals surface area contributed by atoms with Gasteiger partial charge in [0.25, 0.3) is 5.91 Å². The molecule has 0 saturated carbocycles. The lowest BCUT2D eigenvalue weighted by atomic mass is 10.1. The van der Waals surface area contributed by atoms with Crippen LogP contribution in [0.2, 0.25) is 0 Å². The van der Waals surface area contributed by atoms with Gasteiger partial charge in [-0.1, -0.05) is 0 Å². The minimum atomic E-state index is -0.828. The summed E-state index contributed by atoms with van der Waals surface area (Å²) in [6.07, 6.45) is -0.574. The van der Waals surface area contributed by atoms with E-state index in [2.05, 4.69) is 5.32 Å². The maximum atomic E-state index is 11.9. The van der Waals surface area contributed by atoms with Crippen molar-refractivity contribution in [1.29, 1.82) is 0 Å². The number of hydrogen-bond donors (Lipinski definition) is 2. The van der Waals surface area contributed by atoms with Crippen molar-refractivity contribution in [2.45, 2.75) is 25.5 Å². The van der Waals surface area contributed by atoms with Crippen LogP contribution in [0.15, 0.2) is 0 Å². The Morgan fingerprint density at radius 2 is 2.11 bits per heavy atom. The van der Waals surface area contributed by atoms with Gasteiger partial charge in [0.05, 0.1) is 12.7 Å². The Balaban J connectivity index is 2.40. The maximum absolute atomic E-state index is 11.9. The Morgan fingerprint density at radius 3 is 2.58 bits per heavy atom. The molecule has 0 spiro atoms. The predicted molar refractivity (Wildman–Crippen MR) is 69.7 cm³/mol. The van der Waals surface area contributed by atoms with E-state index in [1.165, 1.54) is 12.0 Å². The largest absolute Gasteiger partial charge is 0.389 e. The molecule has 0 aromatic rings. The summed E-state index contributed by atoms with van der Waals surface area (Å²) < 4.78 is 4.84. The van der Waals surface area contributed by atoms with Gasteiger partial charge in [0, 0.05) is 26.7 Å². The van der Waals surface area contributed by atoms with E-state index in [0.717, 1.165) is 0 Å². The highest BCUT2D eigenvalue weighted by Gasteiger charge is 2.43. The van der Waals surface area contributed by atoms with Gasteiger partial charge in [-0.3, -0.25) is 9.69 Å². The van der Waals surface area contributed by atoms with Gasteiger partial charge in [0.15, 0.2) is 0 Å². The third kappa shape index (κ3) is 4.15. The summed E-state index contributed by atoms with van der Waals surface area (Å²) in [6, 6.07) is -0.360. The first-order valence-corrected chi connectivity index (χ1v) is 6.27. The molecule has 19 heavy (non-hydrogen) atoms. The molecule has 0 aromatic heterocycles. The molecule has 1 aliphatic heterocycles. The number of nitrogens with one attached hydrogen (secondary N) is 1. The quantitative estimate of drug-likeness (QED) is 0.597. The van der Waals surface area contributed by atoms with Crippen molar-refractivity contribution in [1.82, 2.24) is 15.1 Å². The van der Waals surface area contributed by atoms with Crippen LogP contribution in [0, 0.1) is 0 Å². The summed E-state index contributed by atoms with van der Waals surface area (Å²) in [6.45, 7) is 4.88. The van der Waals surface area contributed by atoms with E-state index in [1.54, 1.807) is 13.8 Å². The molecule has 1 atom stereocenters. The summed E-state index contributed by atoms with van der Waals surface area (Å²) in [7, 11) is 3.35. The molecule has 0 radical (unpaired) electrons. The highest BCUT2D eigenvalue weighted by atomic mass is 16.5. The number of hydrogen-bond acceptors (Lipinski definition) is 5. The Kier molecular flexibility index (Phi) is 5.28. The maximum Gasteiger partial charge on any atom is 0.325 e. The molecule has 3 amide bonds. The lowest BCUT2D eigenvalue weighted by molar-refractivity contribution is -0.130. The predicted octanol–water partition coefficient (Wildman–Crippen LogP) is -0.744. The van der Waals surface area contributed by atoms with Crippen LogP contribution < -0.4 is 5.32 Å². The van der Waals surface area contributed by atoms with Crippen molar-refractivity contribution in [3.05, 3.63) is 0 Å². The van der Waals surface area contributed by atoms with Gasteiger partial charge < -0.3 is 20.1 Å². The fraction of sp³-hybridized carbons (Fsp3) is 0.833. The minimum absolute atomic E-state index is 0.219. The molecule has 2 N–H and O–H groups in total. The molecular weight excluding hydrogens is 250 g/mol. The second-order valence-electron chi connectivity index (χ2n) is 5.38. The fourth-order valence-electron chi connectivity index (χ4n) is 1.99. The number of rotatable bonds is 7. The van der Waals surface area contributed by atoms with E-state index in [1.807, 2.05) is 11.9 Å². The van der Waals surface area contributed by atoms with E-state index >= 15 is 0 Å². The van der Waals surface area contributed by atoms with Crippen molar-refractivity contribution >= 4 is 11.9 Å². The number of ether oxygens (including phenoxy) is 1. The summed E-state index contributed by atoms with van der Waals surface area (Å²) in [5.74, 6) is -0.219. The summed E-state index contributed by atoms with van der Waals surface area (Å²) in [5.41, 5.74) is -0.828. The van der Waals surface area contributed by atoms with Gasteiger partial charge in [-0.2, -0.15) is 0 Å². The second-order valence-corrected chi connectivity index (χ2v) is 5.38. The standard InChI is InChI=1S/C12H23N3O4/c1-12(2)10(17)15(11(18)13-12)6-5-14(3)7-9(16)8-19-4/h9,16H,5-8H2,1-4H3,(H,13,18). The molecule has 7 heteroatoms. The number of methoxy groups -OCH3 is 1. The Labute approximate surface area is 113 Å². The lowest BCUT2D eigenvalue weighted by Gasteiger charge is -2.22. The monoisotopic (exact) mass is 273 g/mol. The highest BCUT2D eigenvalue weighted by molar-refractivity contribution is 6.06. The SMILES string of the molecule is COCC(O)CN(C)CCN1C(=O)NC(C)(C)C1=O. The minimum Gasteiger partial charge on any atom is -0.389 e. The molecule has 1 unspecified atom stereocenters. The number of aliphatic hydroxyl groups is 1. The normalized spacial score (nSPS) is 20.0. The average Bonchev–Trinajstić information content (AvgIpc) is 2.46. The zero-order valence-electron chi connectivity index (χ0n) is 12.0. The molecule has 0 aliphatic carbocycles. The Hall–Kier alpha value is -1.18. The number of aliphatic hydroxyl groups excluding tert-OH is 1. The molecule has 1 heterocycles. The number of amides is 3. The van der Waals surface area contributed by atoms with Gasteiger partial charge in [0.2, 0.25) is 0 Å². The van der Waals surface area contributed by atoms with Crippen LogP contribution in [0.3, 0.4) is 0 Å². The summed E-state index contributed by atoms with van der Waals surface area (Å²) in [4.78, 5) is 26.6. The van der Waals surface area contributed by atoms with Crippen molar-refractivity contribution in [2.75, 3.05) is 40.4 Å². The highest BCUT2D eigenvalue weighted by Crippen LogP contribution is 2.16. The zero-order valence-corrected chi connectivity index (χ0v) is 12.0. The van der Waals surface area contributed by atoms with Crippen LogP contribution in [0.1, 0.15) is 13.8 Å². The fourth-order valence-corrected chi connectivity index (χ4v) is 1.99. The van der Waals surface area contributed by atoms with E-state index in [-0.39, 0.29) is 18.5 Å².